The summed E-state index contributed by atoms with van der Waals surface area (Å²) in [7, 11) is 0. The van der Waals surface area contributed by atoms with Gasteiger partial charge in [-0.15, -0.1) is 0 Å². The molecule has 3 rings (SSSR count). The first-order valence-corrected chi connectivity index (χ1v) is 9.38. The lowest BCUT2D eigenvalue weighted by Crippen LogP contribution is -2.26. The van der Waals surface area contributed by atoms with E-state index < -0.39 is 0 Å². The summed E-state index contributed by atoms with van der Waals surface area (Å²) in [6, 6.07) is 5.22. The molecular weight excluding hydrogens is 371 g/mol. The van der Waals surface area contributed by atoms with Crippen LogP contribution in [0.5, 0.6) is 0 Å². The first kappa shape index (κ1) is 18.7. The van der Waals surface area contributed by atoms with Gasteiger partial charge in [-0.2, -0.15) is 0 Å². The molecule has 5 nitrogen and oxygen atoms in total. The third-order valence-corrected chi connectivity index (χ3v) is 4.85. The summed E-state index contributed by atoms with van der Waals surface area (Å²) in [5.74, 6) is 0.236. The predicted molar refractivity (Wildman–Crippen MR) is 105 cm³/mol. The van der Waals surface area contributed by atoms with Crippen molar-refractivity contribution in [1.82, 2.24) is 15.3 Å². The van der Waals surface area contributed by atoms with Gasteiger partial charge in [0.05, 0.1) is 28.1 Å². The molecule has 136 valence electrons. The number of allylic oxidation sites excluding steroid dienone is 1. The zero-order valence-corrected chi connectivity index (χ0v) is 15.8. The topological polar surface area (TPSA) is 66.9 Å². The first-order chi connectivity index (χ1) is 12.6. The summed E-state index contributed by atoms with van der Waals surface area (Å²) in [6.07, 6.45) is 10.9. The molecule has 1 amide bonds. The molecule has 0 saturated carbocycles. The van der Waals surface area contributed by atoms with E-state index in [-0.39, 0.29) is 11.6 Å². The van der Waals surface area contributed by atoms with E-state index in [2.05, 4.69) is 26.7 Å². The second kappa shape index (κ2) is 9.01. The van der Waals surface area contributed by atoms with Gasteiger partial charge in [0.15, 0.2) is 0 Å². The Morgan fingerprint density at radius 2 is 1.92 bits per heavy atom. The van der Waals surface area contributed by atoms with Gasteiger partial charge in [0.1, 0.15) is 11.5 Å². The van der Waals surface area contributed by atoms with Crippen LogP contribution in [-0.2, 0) is 0 Å². The molecule has 1 aliphatic rings. The first-order valence-electron chi connectivity index (χ1n) is 8.62. The Kier molecular flexibility index (Phi) is 6.47. The number of anilines is 2. The molecule has 1 aliphatic carbocycles. The number of nitrogens with one attached hydrogen (secondary N) is 2. The lowest BCUT2D eigenvalue weighted by atomic mass is 9.97. The molecule has 0 fully saturated rings. The summed E-state index contributed by atoms with van der Waals surface area (Å²) in [4.78, 5) is 20.5. The van der Waals surface area contributed by atoms with Crippen molar-refractivity contribution < 1.29 is 4.79 Å². The Balaban J connectivity index is 1.55. The van der Waals surface area contributed by atoms with Gasteiger partial charge >= 0.3 is 0 Å². The van der Waals surface area contributed by atoms with Crippen LogP contribution in [0.1, 0.15) is 42.6 Å². The minimum Gasteiger partial charge on any atom is -0.350 e. The number of nitrogens with zero attached hydrogens (tertiary/aromatic N) is 2. The minimum absolute atomic E-state index is 0.226. The maximum atomic E-state index is 12.2. The average Bonchev–Trinajstić information content (AvgIpc) is 2.66. The van der Waals surface area contributed by atoms with Crippen LogP contribution in [0.2, 0.25) is 10.0 Å². The number of para-hydroxylation sites is 1. The maximum Gasteiger partial charge on any atom is 0.271 e. The molecular formula is C19H20Cl2N4O. The van der Waals surface area contributed by atoms with Crippen molar-refractivity contribution in [3.8, 4) is 0 Å². The zero-order chi connectivity index (χ0) is 18.4. The van der Waals surface area contributed by atoms with Crippen molar-refractivity contribution in [3.05, 3.63) is 58.0 Å². The minimum atomic E-state index is -0.226. The molecule has 2 aromatic rings. The number of carbonyl (C=O) groups excluding carboxylic acids is 1. The van der Waals surface area contributed by atoms with Crippen LogP contribution in [0.15, 0.2) is 42.2 Å². The van der Waals surface area contributed by atoms with Crippen molar-refractivity contribution in [1.29, 1.82) is 0 Å². The highest BCUT2D eigenvalue weighted by atomic mass is 35.5. The largest absolute Gasteiger partial charge is 0.350 e. The number of amides is 1. The number of hydrogen-bond acceptors (Lipinski definition) is 4. The molecule has 0 aliphatic heterocycles. The molecule has 0 spiro atoms. The molecule has 1 aromatic heterocycles. The van der Waals surface area contributed by atoms with E-state index in [1.54, 1.807) is 18.2 Å². The van der Waals surface area contributed by atoms with Gasteiger partial charge in [0.25, 0.3) is 5.91 Å². The van der Waals surface area contributed by atoms with Crippen LogP contribution in [0.4, 0.5) is 11.5 Å². The molecule has 0 radical (unpaired) electrons. The molecule has 0 unspecified atom stereocenters. The third kappa shape index (κ3) is 4.96. The molecule has 1 aromatic carbocycles. The van der Waals surface area contributed by atoms with E-state index in [1.807, 2.05) is 0 Å². The molecule has 0 saturated heterocycles. The second-order valence-corrected chi connectivity index (χ2v) is 6.94. The lowest BCUT2D eigenvalue weighted by molar-refractivity contribution is 0.0948. The van der Waals surface area contributed by atoms with Crippen LogP contribution in [0.3, 0.4) is 0 Å². The molecule has 1 heterocycles. The molecule has 26 heavy (non-hydrogen) atoms. The van der Waals surface area contributed by atoms with Crippen molar-refractivity contribution in [2.75, 3.05) is 11.9 Å². The number of aromatic nitrogens is 2. The quantitative estimate of drug-likeness (QED) is 0.669. The van der Waals surface area contributed by atoms with Crippen molar-refractivity contribution in [3.63, 3.8) is 0 Å². The number of rotatable bonds is 6. The summed E-state index contributed by atoms with van der Waals surface area (Å²) in [6.45, 7) is 0.613. The van der Waals surface area contributed by atoms with Crippen LogP contribution >= 0.6 is 23.2 Å². The molecule has 0 bridgehead atoms. The number of hydrogen-bond donors (Lipinski definition) is 2. The Morgan fingerprint density at radius 3 is 2.58 bits per heavy atom. The van der Waals surface area contributed by atoms with E-state index in [9.17, 15) is 4.79 Å². The number of carbonyl (C=O) groups is 1. The van der Waals surface area contributed by atoms with Crippen LogP contribution < -0.4 is 10.6 Å². The molecule has 0 atom stereocenters. The monoisotopic (exact) mass is 390 g/mol. The van der Waals surface area contributed by atoms with E-state index in [4.69, 9.17) is 23.2 Å². The van der Waals surface area contributed by atoms with Crippen LogP contribution in [0, 0.1) is 0 Å². The summed E-state index contributed by atoms with van der Waals surface area (Å²) < 4.78 is 0. The number of halogens is 2. The Morgan fingerprint density at radius 1 is 1.12 bits per heavy atom. The smallest absolute Gasteiger partial charge is 0.271 e. The predicted octanol–water partition coefficient (Wildman–Crippen LogP) is 5.15. The fraction of sp³-hybridized carbons (Fsp3) is 0.316. The highest BCUT2D eigenvalue weighted by Gasteiger charge is 2.10. The molecule has 7 heteroatoms. The van der Waals surface area contributed by atoms with Crippen molar-refractivity contribution in [2.45, 2.75) is 32.1 Å². The van der Waals surface area contributed by atoms with Crippen molar-refractivity contribution in [2.24, 2.45) is 0 Å². The van der Waals surface area contributed by atoms with E-state index in [1.165, 1.54) is 30.8 Å². The standard InChI is InChI=1S/C19H20Cl2N4O/c20-14-7-4-8-15(21)18(14)25-17-12-23-16(11-24-17)19(26)22-10-9-13-5-2-1-3-6-13/h4-5,7-8,11-12H,1-3,6,9-10H2,(H,22,26)(H,24,25). The maximum absolute atomic E-state index is 12.2. The van der Waals surface area contributed by atoms with Gasteiger partial charge in [-0.3, -0.25) is 4.79 Å². The van der Waals surface area contributed by atoms with Crippen LogP contribution in [0.25, 0.3) is 0 Å². The van der Waals surface area contributed by atoms with Gasteiger partial charge in [-0.25, -0.2) is 9.97 Å². The normalized spacial score (nSPS) is 13.8. The Bertz CT molecular complexity index is 785. The van der Waals surface area contributed by atoms with Gasteiger partial charge < -0.3 is 10.6 Å². The van der Waals surface area contributed by atoms with Gasteiger partial charge in [0, 0.05) is 6.54 Å². The van der Waals surface area contributed by atoms with Crippen molar-refractivity contribution >= 4 is 40.6 Å². The van der Waals surface area contributed by atoms with Crippen LogP contribution in [-0.4, -0.2) is 22.4 Å². The van der Waals surface area contributed by atoms with E-state index in [0.717, 1.165) is 19.3 Å². The fourth-order valence-corrected chi connectivity index (χ4v) is 3.31. The van der Waals surface area contributed by atoms with Gasteiger partial charge in [-0.05, 0) is 44.2 Å². The zero-order valence-electron chi connectivity index (χ0n) is 14.3. The Hall–Kier alpha value is -2.11. The Labute approximate surface area is 162 Å². The molecule has 2 N–H and O–H groups in total. The lowest BCUT2D eigenvalue weighted by Gasteiger charge is -2.13. The second-order valence-electron chi connectivity index (χ2n) is 6.12. The number of benzene rings is 1. The fourth-order valence-electron chi connectivity index (χ4n) is 2.81. The third-order valence-electron chi connectivity index (χ3n) is 4.22. The summed E-state index contributed by atoms with van der Waals surface area (Å²) in [5, 5.41) is 6.87. The summed E-state index contributed by atoms with van der Waals surface area (Å²) >= 11 is 12.2. The van der Waals surface area contributed by atoms with E-state index >= 15 is 0 Å². The summed E-state index contributed by atoms with van der Waals surface area (Å²) in [5.41, 5.74) is 2.26. The highest BCUT2D eigenvalue weighted by Crippen LogP contribution is 2.31. The average molecular weight is 391 g/mol. The SMILES string of the molecule is O=C(NCCC1=CCCCC1)c1cnc(Nc2c(Cl)cccc2Cl)cn1. The van der Waals surface area contributed by atoms with E-state index in [0.29, 0.717) is 28.1 Å². The highest BCUT2D eigenvalue weighted by molar-refractivity contribution is 6.39. The van der Waals surface area contributed by atoms with Gasteiger partial charge in [-0.1, -0.05) is 40.9 Å². The van der Waals surface area contributed by atoms with Gasteiger partial charge in [0.2, 0.25) is 0 Å².